The molecule has 23 heavy (non-hydrogen) atoms. The zero-order valence-corrected chi connectivity index (χ0v) is 13.9. The standard InChI is InChI=1S/C15H18N4O3S/c1-15(2,3)12-18-19-14(23-12)17-13(22)16-8-9-5-4-6-10(7-9)11(20)21/h4-7H,8H2,1-3H3,(H,20,21)(H2,16,17,19,22). The number of hydrogen-bond donors (Lipinski definition) is 3. The van der Waals surface area contributed by atoms with Crippen LogP contribution < -0.4 is 10.6 Å². The minimum Gasteiger partial charge on any atom is -0.478 e. The molecule has 0 aliphatic heterocycles. The molecular formula is C15H18N4O3S. The molecule has 3 N–H and O–H groups in total. The molecule has 0 unspecified atom stereocenters. The predicted octanol–water partition coefficient (Wildman–Crippen LogP) is 2.86. The molecule has 0 aliphatic rings. The summed E-state index contributed by atoms with van der Waals surface area (Å²) in [5, 5.41) is 23.5. The Morgan fingerprint density at radius 2 is 2.00 bits per heavy atom. The molecule has 2 rings (SSSR count). The van der Waals surface area contributed by atoms with Crippen LogP contribution in [0.1, 0.15) is 41.7 Å². The fourth-order valence-corrected chi connectivity index (χ4v) is 2.51. The van der Waals surface area contributed by atoms with Gasteiger partial charge in [-0.05, 0) is 17.7 Å². The Bertz CT molecular complexity index is 722. The highest BCUT2D eigenvalue weighted by Gasteiger charge is 2.19. The maximum absolute atomic E-state index is 11.9. The van der Waals surface area contributed by atoms with Gasteiger partial charge in [0, 0.05) is 12.0 Å². The summed E-state index contributed by atoms with van der Waals surface area (Å²) in [7, 11) is 0. The first-order chi connectivity index (χ1) is 10.8. The van der Waals surface area contributed by atoms with Gasteiger partial charge in [0.05, 0.1) is 5.56 Å². The van der Waals surface area contributed by atoms with Gasteiger partial charge in [0.25, 0.3) is 0 Å². The molecule has 8 heteroatoms. The van der Waals surface area contributed by atoms with Crippen LogP contribution in [0.3, 0.4) is 0 Å². The molecule has 0 spiro atoms. The molecule has 122 valence electrons. The van der Waals surface area contributed by atoms with Gasteiger partial charge in [-0.15, -0.1) is 10.2 Å². The minimum absolute atomic E-state index is 0.120. The number of carboxylic acids is 1. The van der Waals surface area contributed by atoms with Gasteiger partial charge in [-0.25, -0.2) is 9.59 Å². The Morgan fingerprint density at radius 1 is 1.26 bits per heavy atom. The van der Waals surface area contributed by atoms with Crippen molar-refractivity contribution in [3.8, 4) is 0 Å². The Balaban J connectivity index is 1.91. The van der Waals surface area contributed by atoms with Crippen molar-refractivity contribution in [3.05, 3.63) is 40.4 Å². The molecular weight excluding hydrogens is 316 g/mol. The molecule has 7 nitrogen and oxygen atoms in total. The summed E-state index contributed by atoms with van der Waals surface area (Å²) in [5.74, 6) is -1.00. The van der Waals surface area contributed by atoms with E-state index < -0.39 is 12.0 Å². The molecule has 0 fully saturated rings. The molecule has 1 heterocycles. The summed E-state index contributed by atoms with van der Waals surface area (Å²) in [4.78, 5) is 22.8. The van der Waals surface area contributed by atoms with Crippen molar-refractivity contribution in [2.24, 2.45) is 0 Å². The first-order valence-electron chi connectivity index (χ1n) is 6.97. The van der Waals surface area contributed by atoms with Crippen LogP contribution in [0.4, 0.5) is 9.93 Å². The zero-order valence-electron chi connectivity index (χ0n) is 13.1. The molecule has 0 radical (unpaired) electrons. The minimum atomic E-state index is -1.00. The predicted molar refractivity (Wildman–Crippen MR) is 87.9 cm³/mol. The lowest BCUT2D eigenvalue weighted by Gasteiger charge is -2.12. The summed E-state index contributed by atoms with van der Waals surface area (Å²) >= 11 is 1.32. The zero-order chi connectivity index (χ0) is 17.0. The molecule has 0 saturated heterocycles. The van der Waals surface area contributed by atoms with E-state index in [0.29, 0.717) is 10.7 Å². The Kier molecular flexibility index (Phi) is 4.95. The molecule has 0 atom stereocenters. The van der Waals surface area contributed by atoms with Crippen LogP contribution in [0.2, 0.25) is 0 Å². The summed E-state index contributed by atoms with van der Waals surface area (Å²) in [6, 6.07) is 5.99. The number of nitrogens with zero attached hydrogens (tertiary/aromatic N) is 2. The van der Waals surface area contributed by atoms with E-state index >= 15 is 0 Å². The Hall–Kier alpha value is -2.48. The lowest BCUT2D eigenvalue weighted by atomic mass is 9.98. The number of aromatic nitrogens is 2. The summed E-state index contributed by atoms with van der Waals surface area (Å²) < 4.78 is 0. The number of benzene rings is 1. The van der Waals surface area contributed by atoms with E-state index in [9.17, 15) is 9.59 Å². The van der Waals surface area contributed by atoms with E-state index in [4.69, 9.17) is 5.11 Å². The van der Waals surface area contributed by atoms with Crippen molar-refractivity contribution < 1.29 is 14.7 Å². The van der Waals surface area contributed by atoms with Crippen LogP contribution in [0, 0.1) is 0 Å². The third kappa shape index (κ3) is 4.75. The van der Waals surface area contributed by atoms with Gasteiger partial charge >= 0.3 is 12.0 Å². The molecule has 0 saturated carbocycles. The number of hydrogen-bond acceptors (Lipinski definition) is 5. The monoisotopic (exact) mass is 334 g/mol. The van der Waals surface area contributed by atoms with Crippen molar-refractivity contribution in [2.45, 2.75) is 32.7 Å². The van der Waals surface area contributed by atoms with Crippen molar-refractivity contribution >= 4 is 28.5 Å². The second-order valence-corrected chi connectivity index (χ2v) is 6.95. The second kappa shape index (κ2) is 6.74. The van der Waals surface area contributed by atoms with Crippen LogP contribution in [-0.2, 0) is 12.0 Å². The van der Waals surface area contributed by atoms with E-state index in [1.165, 1.54) is 23.5 Å². The highest BCUT2D eigenvalue weighted by Crippen LogP contribution is 2.27. The highest BCUT2D eigenvalue weighted by atomic mass is 32.1. The van der Waals surface area contributed by atoms with E-state index in [2.05, 4.69) is 20.8 Å². The summed E-state index contributed by atoms with van der Waals surface area (Å²) in [6.07, 6.45) is 0. The van der Waals surface area contributed by atoms with Crippen molar-refractivity contribution in [2.75, 3.05) is 5.32 Å². The number of nitrogens with one attached hydrogen (secondary N) is 2. The summed E-state index contributed by atoms with van der Waals surface area (Å²) in [5.41, 5.74) is 0.766. The van der Waals surface area contributed by atoms with E-state index in [1.807, 2.05) is 20.8 Å². The maximum Gasteiger partial charge on any atom is 0.335 e. The van der Waals surface area contributed by atoms with Gasteiger partial charge in [-0.1, -0.05) is 44.2 Å². The average molecular weight is 334 g/mol. The van der Waals surface area contributed by atoms with Gasteiger partial charge < -0.3 is 10.4 Å². The van der Waals surface area contributed by atoms with Gasteiger partial charge in [0.2, 0.25) is 5.13 Å². The topological polar surface area (TPSA) is 104 Å². The molecule has 2 aromatic rings. The molecule has 1 aromatic heterocycles. The van der Waals surface area contributed by atoms with E-state index in [0.717, 1.165) is 5.01 Å². The Labute approximate surface area is 137 Å². The van der Waals surface area contributed by atoms with Gasteiger partial charge in [0.15, 0.2) is 0 Å². The number of carboxylic acid groups (broad SMARTS) is 1. The van der Waals surface area contributed by atoms with Crippen molar-refractivity contribution in [3.63, 3.8) is 0 Å². The molecule has 1 aromatic carbocycles. The number of amides is 2. The van der Waals surface area contributed by atoms with E-state index in [-0.39, 0.29) is 17.5 Å². The first kappa shape index (κ1) is 16.9. The number of rotatable bonds is 4. The van der Waals surface area contributed by atoms with Gasteiger partial charge in [-0.2, -0.15) is 0 Å². The third-order valence-electron chi connectivity index (χ3n) is 2.91. The molecule has 2 amide bonds. The number of aromatic carboxylic acids is 1. The Morgan fingerprint density at radius 3 is 2.61 bits per heavy atom. The average Bonchev–Trinajstić information content (AvgIpc) is 2.94. The third-order valence-corrected chi connectivity index (χ3v) is 4.18. The second-order valence-electron chi connectivity index (χ2n) is 5.98. The normalized spacial score (nSPS) is 11.1. The smallest absolute Gasteiger partial charge is 0.335 e. The van der Waals surface area contributed by atoms with Crippen LogP contribution in [0.25, 0.3) is 0 Å². The van der Waals surface area contributed by atoms with Crippen LogP contribution in [-0.4, -0.2) is 27.3 Å². The summed E-state index contributed by atoms with van der Waals surface area (Å²) in [6.45, 7) is 6.28. The van der Waals surface area contributed by atoms with Crippen LogP contribution in [0.15, 0.2) is 24.3 Å². The lowest BCUT2D eigenvalue weighted by Crippen LogP contribution is -2.28. The maximum atomic E-state index is 11.9. The quantitative estimate of drug-likeness (QED) is 0.797. The number of carbonyl (C=O) groups excluding carboxylic acids is 1. The van der Waals surface area contributed by atoms with Crippen LogP contribution in [0.5, 0.6) is 0 Å². The van der Waals surface area contributed by atoms with Gasteiger partial charge in [-0.3, -0.25) is 5.32 Å². The van der Waals surface area contributed by atoms with Crippen molar-refractivity contribution in [1.29, 1.82) is 0 Å². The molecule has 0 bridgehead atoms. The fraction of sp³-hybridized carbons (Fsp3) is 0.333. The molecule has 0 aliphatic carbocycles. The lowest BCUT2D eigenvalue weighted by molar-refractivity contribution is 0.0696. The SMILES string of the molecule is CC(C)(C)c1nnc(NC(=O)NCc2cccc(C(=O)O)c2)s1. The number of urea groups is 1. The highest BCUT2D eigenvalue weighted by molar-refractivity contribution is 7.15. The van der Waals surface area contributed by atoms with Gasteiger partial charge in [0.1, 0.15) is 5.01 Å². The van der Waals surface area contributed by atoms with E-state index in [1.54, 1.807) is 12.1 Å². The first-order valence-corrected chi connectivity index (χ1v) is 7.78. The number of anilines is 1. The van der Waals surface area contributed by atoms with Crippen molar-refractivity contribution in [1.82, 2.24) is 15.5 Å². The number of carbonyl (C=O) groups is 2. The fourth-order valence-electron chi connectivity index (χ4n) is 1.71. The largest absolute Gasteiger partial charge is 0.478 e. The van der Waals surface area contributed by atoms with Crippen LogP contribution >= 0.6 is 11.3 Å².